The second kappa shape index (κ2) is 7.67. The van der Waals surface area contributed by atoms with Crippen LogP contribution in [0.25, 0.3) is 11.2 Å². The van der Waals surface area contributed by atoms with Crippen LogP contribution < -0.4 is 16.1 Å². The maximum Gasteiger partial charge on any atom is 0.332 e. The van der Waals surface area contributed by atoms with Gasteiger partial charge in [-0.1, -0.05) is 48.9 Å². The van der Waals surface area contributed by atoms with Crippen LogP contribution in [0, 0.1) is 12.8 Å². The standard InChI is InChI=1S/C24H24ClN5O2/c1-15-12-28(19-10-6-9-18(25)11-19)23-26-21-20(29(23)13-15)22(31)30(24(32)27(21)3)14-17-8-5-4-7-16(17)2/h4-11,15H,12-14H2,1-3H3/t15-/m1/s1. The molecule has 3 heterocycles. The highest BCUT2D eigenvalue weighted by atomic mass is 35.5. The highest BCUT2D eigenvalue weighted by molar-refractivity contribution is 6.30. The van der Waals surface area contributed by atoms with E-state index >= 15 is 0 Å². The number of aromatic nitrogens is 4. The fraction of sp³-hybridized carbons (Fsp3) is 0.292. The summed E-state index contributed by atoms with van der Waals surface area (Å²) in [7, 11) is 1.67. The molecule has 1 aliphatic heterocycles. The molecule has 4 aromatic rings. The average molecular weight is 450 g/mol. The summed E-state index contributed by atoms with van der Waals surface area (Å²) in [4.78, 5) is 33.6. The van der Waals surface area contributed by atoms with E-state index in [9.17, 15) is 9.59 Å². The fourth-order valence-electron chi connectivity index (χ4n) is 4.46. The van der Waals surface area contributed by atoms with Crippen molar-refractivity contribution < 1.29 is 0 Å². The molecule has 5 rings (SSSR count). The molecule has 1 atom stereocenters. The summed E-state index contributed by atoms with van der Waals surface area (Å²) in [5.41, 5.74) is 3.06. The van der Waals surface area contributed by atoms with Gasteiger partial charge < -0.3 is 9.47 Å². The van der Waals surface area contributed by atoms with Crippen LogP contribution in [-0.4, -0.2) is 25.2 Å². The SMILES string of the molecule is Cc1ccccc1Cn1c(=O)c2c(nc3n2C[C@H](C)CN3c2cccc(Cl)c2)n(C)c1=O. The molecule has 0 bridgehead atoms. The molecule has 0 radical (unpaired) electrons. The number of hydrogen-bond acceptors (Lipinski definition) is 4. The van der Waals surface area contributed by atoms with Gasteiger partial charge in [0.2, 0.25) is 5.95 Å². The van der Waals surface area contributed by atoms with Crippen molar-refractivity contribution in [3.8, 4) is 0 Å². The second-order valence-electron chi connectivity index (χ2n) is 8.55. The van der Waals surface area contributed by atoms with Gasteiger partial charge in [0.1, 0.15) is 0 Å². The minimum Gasteiger partial charge on any atom is -0.312 e. The summed E-state index contributed by atoms with van der Waals surface area (Å²) in [6.07, 6.45) is 0. The molecule has 32 heavy (non-hydrogen) atoms. The number of halogens is 1. The van der Waals surface area contributed by atoms with Gasteiger partial charge in [-0.15, -0.1) is 0 Å². The van der Waals surface area contributed by atoms with Crippen molar-refractivity contribution in [3.05, 3.63) is 85.5 Å². The molecule has 2 aromatic heterocycles. The third kappa shape index (κ3) is 3.24. The molecule has 7 nitrogen and oxygen atoms in total. The highest BCUT2D eigenvalue weighted by Crippen LogP contribution is 2.33. The zero-order chi connectivity index (χ0) is 22.6. The molecular formula is C24H24ClN5O2. The average Bonchev–Trinajstić information content (AvgIpc) is 3.15. The topological polar surface area (TPSA) is 65.1 Å². The molecule has 0 aliphatic carbocycles. The Morgan fingerprint density at radius 1 is 1.09 bits per heavy atom. The zero-order valence-electron chi connectivity index (χ0n) is 18.2. The van der Waals surface area contributed by atoms with Gasteiger partial charge in [0, 0.05) is 30.8 Å². The van der Waals surface area contributed by atoms with Crippen molar-refractivity contribution in [3.63, 3.8) is 0 Å². The van der Waals surface area contributed by atoms with Gasteiger partial charge in [-0.2, -0.15) is 4.98 Å². The first-order chi connectivity index (χ1) is 15.3. The van der Waals surface area contributed by atoms with Crippen molar-refractivity contribution in [2.24, 2.45) is 13.0 Å². The van der Waals surface area contributed by atoms with Gasteiger partial charge in [0.15, 0.2) is 11.2 Å². The highest BCUT2D eigenvalue weighted by Gasteiger charge is 2.30. The lowest BCUT2D eigenvalue weighted by molar-refractivity contribution is 0.458. The number of hydrogen-bond donors (Lipinski definition) is 0. The Morgan fingerprint density at radius 3 is 2.62 bits per heavy atom. The molecule has 0 spiro atoms. The van der Waals surface area contributed by atoms with Crippen molar-refractivity contribution in [1.29, 1.82) is 0 Å². The summed E-state index contributed by atoms with van der Waals surface area (Å²) in [6.45, 7) is 5.74. The normalized spacial score (nSPS) is 15.9. The van der Waals surface area contributed by atoms with Gasteiger partial charge in [0.05, 0.1) is 6.54 Å². The smallest absolute Gasteiger partial charge is 0.312 e. The molecule has 0 saturated heterocycles. The molecule has 2 aromatic carbocycles. The number of anilines is 2. The summed E-state index contributed by atoms with van der Waals surface area (Å²) in [6, 6.07) is 15.4. The molecule has 0 saturated carbocycles. The first kappa shape index (κ1) is 20.6. The Hall–Kier alpha value is -3.32. The van der Waals surface area contributed by atoms with E-state index in [2.05, 4.69) is 11.8 Å². The Balaban J connectivity index is 1.74. The van der Waals surface area contributed by atoms with E-state index in [1.54, 1.807) is 7.05 Å². The lowest BCUT2D eigenvalue weighted by Gasteiger charge is -2.33. The summed E-state index contributed by atoms with van der Waals surface area (Å²) < 4.78 is 4.73. The third-order valence-electron chi connectivity index (χ3n) is 6.15. The number of nitrogens with zero attached hydrogens (tertiary/aromatic N) is 5. The van der Waals surface area contributed by atoms with Gasteiger partial charge in [-0.25, -0.2) is 4.79 Å². The molecule has 0 unspecified atom stereocenters. The first-order valence-electron chi connectivity index (χ1n) is 10.6. The Kier molecular flexibility index (Phi) is 4.93. The van der Waals surface area contributed by atoms with Crippen LogP contribution in [0.15, 0.2) is 58.1 Å². The lowest BCUT2D eigenvalue weighted by Crippen LogP contribution is -2.40. The van der Waals surface area contributed by atoms with Crippen LogP contribution in [0.4, 0.5) is 11.6 Å². The number of aryl methyl sites for hydroxylation is 2. The first-order valence-corrected chi connectivity index (χ1v) is 11.0. The zero-order valence-corrected chi connectivity index (χ0v) is 19.0. The minimum atomic E-state index is -0.372. The lowest BCUT2D eigenvalue weighted by atomic mass is 10.1. The summed E-state index contributed by atoms with van der Waals surface area (Å²) in [5, 5.41) is 0.636. The van der Waals surface area contributed by atoms with Crippen molar-refractivity contribution >= 4 is 34.4 Å². The van der Waals surface area contributed by atoms with Crippen LogP contribution in [0.5, 0.6) is 0 Å². The maximum absolute atomic E-state index is 13.6. The van der Waals surface area contributed by atoms with E-state index in [1.165, 1.54) is 9.13 Å². The minimum absolute atomic E-state index is 0.224. The van der Waals surface area contributed by atoms with E-state index in [0.717, 1.165) is 23.4 Å². The predicted octanol–water partition coefficient (Wildman–Crippen LogP) is 3.69. The molecule has 1 aliphatic rings. The monoisotopic (exact) mass is 449 g/mol. The molecule has 164 valence electrons. The van der Waals surface area contributed by atoms with E-state index in [4.69, 9.17) is 16.6 Å². The number of imidazole rings is 1. The van der Waals surface area contributed by atoms with Gasteiger partial charge >= 0.3 is 5.69 Å². The molecule has 0 amide bonds. The quantitative estimate of drug-likeness (QED) is 0.478. The van der Waals surface area contributed by atoms with E-state index in [0.29, 0.717) is 28.7 Å². The number of benzene rings is 2. The summed E-state index contributed by atoms with van der Waals surface area (Å²) >= 11 is 6.24. The van der Waals surface area contributed by atoms with Crippen LogP contribution in [0.1, 0.15) is 18.1 Å². The molecule has 0 fully saturated rings. The largest absolute Gasteiger partial charge is 0.332 e. The van der Waals surface area contributed by atoms with Gasteiger partial charge in [-0.05, 0) is 42.2 Å². The Morgan fingerprint density at radius 2 is 1.88 bits per heavy atom. The van der Waals surface area contributed by atoms with Crippen LogP contribution in [0.3, 0.4) is 0 Å². The Bertz CT molecular complexity index is 1470. The molecule has 0 N–H and O–H groups in total. The van der Waals surface area contributed by atoms with Crippen molar-refractivity contribution in [1.82, 2.24) is 18.7 Å². The predicted molar refractivity (Wildman–Crippen MR) is 127 cm³/mol. The van der Waals surface area contributed by atoms with Crippen molar-refractivity contribution in [2.45, 2.75) is 26.9 Å². The van der Waals surface area contributed by atoms with Crippen molar-refractivity contribution in [2.75, 3.05) is 11.4 Å². The number of rotatable bonds is 3. The number of fused-ring (bicyclic) bond motifs is 3. The van der Waals surface area contributed by atoms with E-state index in [1.807, 2.05) is 60.0 Å². The Labute approximate surface area is 190 Å². The van der Waals surface area contributed by atoms with Crippen LogP contribution in [-0.2, 0) is 20.1 Å². The molecule has 8 heteroatoms. The van der Waals surface area contributed by atoms with Gasteiger partial charge in [-0.3, -0.25) is 13.9 Å². The van der Waals surface area contributed by atoms with E-state index in [-0.39, 0.29) is 23.7 Å². The van der Waals surface area contributed by atoms with Crippen LogP contribution in [0.2, 0.25) is 5.02 Å². The second-order valence-corrected chi connectivity index (χ2v) is 8.99. The van der Waals surface area contributed by atoms with E-state index < -0.39 is 0 Å². The summed E-state index contributed by atoms with van der Waals surface area (Å²) in [5.74, 6) is 0.932. The van der Waals surface area contributed by atoms with Crippen LogP contribution >= 0.6 is 11.6 Å². The fourth-order valence-corrected chi connectivity index (χ4v) is 4.65. The third-order valence-corrected chi connectivity index (χ3v) is 6.39. The maximum atomic E-state index is 13.6. The van der Waals surface area contributed by atoms with Gasteiger partial charge in [0.25, 0.3) is 5.56 Å². The molecular weight excluding hydrogens is 426 g/mol.